The third-order valence-electron chi connectivity index (χ3n) is 3.96. The van der Waals surface area contributed by atoms with Crippen LogP contribution >= 0.6 is 28.1 Å². The molecule has 0 aliphatic rings. The lowest BCUT2D eigenvalue weighted by Gasteiger charge is -2.14. The molecule has 0 fully saturated rings. The van der Waals surface area contributed by atoms with E-state index in [2.05, 4.69) is 47.0 Å². The molecule has 0 aromatic heterocycles. The van der Waals surface area contributed by atoms with Crippen LogP contribution in [-0.4, -0.2) is 24.2 Å². The van der Waals surface area contributed by atoms with Gasteiger partial charge in [0.25, 0.3) is 5.91 Å². The molecule has 1 amide bonds. The fraction of sp³-hybridized carbons (Fsp3) is 0.304. The summed E-state index contributed by atoms with van der Waals surface area (Å²) >= 11 is 8.69. The van der Waals surface area contributed by atoms with E-state index in [1.807, 2.05) is 37.3 Å². The third kappa shape index (κ3) is 8.16. The Hall–Kier alpha value is -2.38. The zero-order valence-corrected chi connectivity index (χ0v) is 19.9. The number of rotatable bonds is 9. The predicted molar refractivity (Wildman–Crippen MR) is 130 cm³/mol. The zero-order valence-electron chi connectivity index (χ0n) is 17.5. The number of hydrogen-bond acceptors (Lipinski definition) is 4. The number of halogens is 1. The molecule has 0 heterocycles. The number of anilines is 1. The fourth-order valence-corrected chi connectivity index (χ4v) is 2.96. The van der Waals surface area contributed by atoms with Gasteiger partial charge in [-0.05, 0) is 79.5 Å². The van der Waals surface area contributed by atoms with Gasteiger partial charge in [-0.25, -0.2) is 0 Å². The van der Waals surface area contributed by atoms with Crippen LogP contribution < -0.4 is 20.1 Å². The highest BCUT2D eigenvalue weighted by Gasteiger charge is 2.15. The Morgan fingerprint density at radius 3 is 2.50 bits per heavy atom. The summed E-state index contributed by atoms with van der Waals surface area (Å²) in [6.07, 6.45) is 0.906. The van der Waals surface area contributed by atoms with Gasteiger partial charge < -0.3 is 14.8 Å². The first-order chi connectivity index (χ1) is 14.2. The van der Waals surface area contributed by atoms with Gasteiger partial charge in [0.15, 0.2) is 5.11 Å². The van der Waals surface area contributed by atoms with Gasteiger partial charge in [0.05, 0.1) is 12.2 Å². The number of amides is 1. The third-order valence-corrected chi connectivity index (χ3v) is 4.66. The maximum absolute atomic E-state index is 12.8. The summed E-state index contributed by atoms with van der Waals surface area (Å²) in [6.45, 7) is 11.0. The van der Waals surface area contributed by atoms with E-state index in [-0.39, 0.29) is 11.0 Å². The average Bonchev–Trinajstić information content (AvgIpc) is 2.68. The van der Waals surface area contributed by atoms with Gasteiger partial charge in [-0.15, -0.1) is 0 Å². The van der Waals surface area contributed by atoms with Gasteiger partial charge in [-0.1, -0.05) is 36.4 Å². The van der Waals surface area contributed by atoms with Crippen molar-refractivity contribution in [3.63, 3.8) is 0 Å². The number of carbonyl (C=O) groups excluding carboxylic acids is 1. The van der Waals surface area contributed by atoms with Crippen molar-refractivity contribution >= 4 is 44.9 Å². The van der Waals surface area contributed by atoms with E-state index in [9.17, 15) is 4.79 Å². The summed E-state index contributed by atoms with van der Waals surface area (Å²) < 4.78 is 12.2. The second kappa shape index (κ2) is 11.7. The molecule has 160 valence electrons. The zero-order chi connectivity index (χ0) is 22.1. The maximum atomic E-state index is 12.8. The van der Waals surface area contributed by atoms with Crippen molar-refractivity contribution < 1.29 is 14.3 Å². The van der Waals surface area contributed by atoms with Crippen molar-refractivity contribution in [1.29, 1.82) is 0 Å². The lowest BCUT2D eigenvalue weighted by Crippen LogP contribution is -2.34. The van der Waals surface area contributed by atoms with Crippen molar-refractivity contribution in [1.82, 2.24) is 5.32 Å². The molecule has 0 unspecified atom stereocenters. The summed E-state index contributed by atoms with van der Waals surface area (Å²) in [6, 6.07) is 12.6. The van der Waals surface area contributed by atoms with Crippen LogP contribution in [0.3, 0.4) is 0 Å². The quantitative estimate of drug-likeness (QED) is 0.335. The largest absolute Gasteiger partial charge is 0.493 e. The molecule has 0 atom stereocenters. The SMILES string of the molecule is C=C(C)COc1ccc(NC(=S)NC(=O)c2cc(Br)ccc2OCCC(C)C)cc1. The highest BCUT2D eigenvalue weighted by molar-refractivity contribution is 9.10. The summed E-state index contributed by atoms with van der Waals surface area (Å²) in [5.74, 6) is 1.44. The molecule has 0 saturated heterocycles. The van der Waals surface area contributed by atoms with Crippen LogP contribution in [-0.2, 0) is 0 Å². The highest BCUT2D eigenvalue weighted by atomic mass is 79.9. The summed E-state index contributed by atoms with van der Waals surface area (Å²) in [4.78, 5) is 12.8. The van der Waals surface area contributed by atoms with Crippen LogP contribution in [0.1, 0.15) is 37.6 Å². The van der Waals surface area contributed by atoms with Crippen LogP contribution in [0.15, 0.2) is 59.1 Å². The highest BCUT2D eigenvalue weighted by Crippen LogP contribution is 2.24. The number of thiocarbonyl (C=S) groups is 1. The molecule has 2 N–H and O–H groups in total. The van der Waals surface area contributed by atoms with Gasteiger partial charge >= 0.3 is 0 Å². The first kappa shape index (κ1) is 23.9. The molecule has 0 saturated carbocycles. The summed E-state index contributed by atoms with van der Waals surface area (Å²) in [5, 5.41) is 5.90. The van der Waals surface area contributed by atoms with Crippen molar-refractivity contribution in [3.8, 4) is 11.5 Å². The molecule has 0 aliphatic carbocycles. The van der Waals surface area contributed by atoms with E-state index in [0.717, 1.165) is 27.9 Å². The molecule has 0 radical (unpaired) electrons. The molecule has 0 bridgehead atoms. The topological polar surface area (TPSA) is 59.6 Å². The van der Waals surface area contributed by atoms with E-state index in [0.29, 0.717) is 30.4 Å². The Morgan fingerprint density at radius 2 is 1.87 bits per heavy atom. The summed E-state index contributed by atoms with van der Waals surface area (Å²) in [7, 11) is 0. The minimum Gasteiger partial charge on any atom is -0.493 e. The molecule has 30 heavy (non-hydrogen) atoms. The molecular formula is C23H27BrN2O3S. The normalized spacial score (nSPS) is 10.4. The van der Waals surface area contributed by atoms with E-state index < -0.39 is 0 Å². The lowest BCUT2D eigenvalue weighted by molar-refractivity contribution is 0.0973. The fourth-order valence-electron chi connectivity index (χ4n) is 2.38. The molecule has 2 aromatic rings. The Bertz CT molecular complexity index is 898. The van der Waals surface area contributed by atoms with E-state index in [1.54, 1.807) is 12.1 Å². The molecule has 2 aromatic carbocycles. The Morgan fingerprint density at radius 1 is 1.17 bits per heavy atom. The Labute approximate surface area is 192 Å². The van der Waals surface area contributed by atoms with Crippen molar-refractivity contribution in [3.05, 3.63) is 64.7 Å². The minimum atomic E-state index is -0.338. The van der Waals surface area contributed by atoms with Gasteiger partial charge in [0.1, 0.15) is 18.1 Å². The number of ether oxygens (including phenoxy) is 2. The number of nitrogens with one attached hydrogen (secondary N) is 2. The van der Waals surface area contributed by atoms with Crippen LogP contribution in [0.5, 0.6) is 11.5 Å². The molecule has 0 aliphatic heterocycles. The molecular weight excluding hydrogens is 464 g/mol. The Balaban J connectivity index is 1.97. The first-order valence-corrected chi connectivity index (χ1v) is 10.9. The Kier molecular flexibility index (Phi) is 9.33. The van der Waals surface area contributed by atoms with Crippen LogP contribution in [0.4, 0.5) is 5.69 Å². The van der Waals surface area contributed by atoms with Crippen LogP contribution in [0.25, 0.3) is 0 Å². The van der Waals surface area contributed by atoms with Crippen molar-refractivity contribution in [2.75, 3.05) is 18.5 Å². The monoisotopic (exact) mass is 490 g/mol. The molecule has 7 heteroatoms. The first-order valence-electron chi connectivity index (χ1n) is 9.66. The smallest absolute Gasteiger partial charge is 0.261 e. The van der Waals surface area contributed by atoms with Gasteiger partial charge in [-0.3, -0.25) is 10.1 Å². The average molecular weight is 491 g/mol. The molecule has 2 rings (SSSR count). The van der Waals surface area contributed by atoms with Crippen LogP contribution in [0, 0.1) is 5.92 Å². The minimum absolute atomic E-state index is 0.198. The standard InChI is InChI=1S/C23H27BrN2O3S/c1-15(2)11-12-28-21-10-5-17(24)13-20(21)22(27)26-23(30)25-18-6-8-19(9-7-18)29-14-16(3)4/h5-10,13,15H,3,11-12,14H2,1-2,4H3,(H2,25,26,27,30). The van der Waals surface area contributed by atoms with Gasteiger partial charge in [-0.2, -0.15) is 0 Å². The summed E-state index contributed by atoms with van der Waals surface area (Å²) in [5.41, 5.74) is 2.10. The second-order valence-electron chi connectivity index (χ2n) is 7.35. The predicted octanol–water partition coefficient (Wildman–Crippen LogP) is 5.96. The van der Waals surface area contributed by atoms with Crippen molar-refractivity contribution in [2.45, 2.75) is 27.2 Å². The second-order valence-corrected chi connectivity index (χ2v) is 8.67. The van der Waals surface area contributed by atoms with Crippen LogP contribution in [0.2, 0.25) is 0 Å². The molecule has 0 spiro atoms. The van der Waals surface area contributed by atoms with E-state index >= 15 is 0 Å². The number of carbonyl (C=O) groups is 1. The maximum Gasteiger partial charge on any atom is 0.261 e. The van der Waals surface area contributed by atoms with Gasteiger partial charge in [0.2, 0.25) is 0 Å². The van der Waals surface area contributed by atoms with Crippen molar-refractivity contribution in [2.24, 2.45) is 5.92 Å². The lowest BCUT2D eigenvalue weighted by atomic mass is 10.1. The molecule has 5 nitrogen and oxygen atoms in total. The number of hydrogen-bond donors (Lipinski definition) is 2. The van der Waals surface area contributed by atoms with E-state index in [1.165, 1.54) is 0 Å². The number of benzene rings is 2. The van der Waals surface area contributed by atoms with E-state index in [4.69, 9.17) is 21.7 Å². The van der Waals surface area contributed by atoms with Gasteiger partial charge in [0, 0.05) is 10.2 Å².